The number of halogens is 3. The van der Waals surface area contributed by atoms with E-state index in [0.717, 1.165) is 36.5 Å². The number of nitrogens with one attached hydrogen (secondary N) is 2. The number of aliphatic carboxylic acids is 1. The molecule has 8 nitrogen and oxygen atoms in total. The first-order chi connectivity index (χ1) is 17.2. The summed E-state index contributed by atoms with van der Waals surface area (Å²) in [6.07, 6.45) is 3.76. The highest BCUT2D eigenvalue weighted by Gasteiger charge is 2.38. The maximum absolute atomic E-state index is 10.6. The number of benzene rings is 1. The Morgan fingerprint density at radius 3 is 2.19 bits per heavy atom. The van der Waals surface area contributed by atoms with Crippen LogP contribution in [0.15, 0.2) is 36.7 Å². The van der Waals surface area contributed by atoms with Crippen LogP contribution >= 0.6 is 22.7 Å². The van der Waals surface area contributed by atoms with Crippen molar-refractivity contribution in [1.82, 2.24) is 25.5 Å². The van der Waals surface area contributed by atoms with Crippen LogP contribution in [0.25, 0.3) is 31.4 Å². The van der Waals surface area contributed by atoms with Gasteiger partial charge in [-0.1, -0.05) is 46.9 Å². The lowest BCUT2D eigenvalue weighted by molar-refractivity contribution is -0.192. The summed E-state index contributed by atoms with van der Waals surface area (Å²) in [5.41, 5.74) is 3.38. The predicted octanol–water partition coefficient (Wildman–Crippen LogP) is 5.16. The number of fused-ring (bicyclic) bond motifs is 3. The summed E-state index contributed by atoms with van der Waals surface area (Å²) in [4.78, 5) is 23.2. The molecule has 0 spiro atoms. The molecule has 36 heavy (non-hydrogen) atoms. The van der Waals surface area contributed by atoms with Gasteiger partial charge in [0, 0.05) is 42.5 Å². The van der Waals surface area contributed by atoms with Crippen molar-refractivity contribution >= 4 is 43.4 Å². The fourth-order valence-corrected chi connectivity index (χ4v) is 6.70. The van der Waals surface area contributed by atoms with Crippen LogP contribution in [0, 0.1) is 0 Å². The van der Waals surface area contributed by atoms with Crippen molar-refractivity contribution in [3.63, 3.8) is 0 Å². The van der Waals surface area contributed by atoms with E-state index in [-0.39, 0.29) is 0 Å². The molecule has 3 aromatic heterocycles. The van der Waals surface area contributed by atoms with Crippen molar-refractivity contribution in [3.8, 4) is 21.7 Å². The zero-order valence-electron chi connectivity index (χ0n) is 19.1. The van der Waals surface area contributed by atoms with Gasteiger partial charge in [-0.15, -0.1) is 0 Å². The van der Waals surface area contributed by atoms with E-state index in [2.05, 4.69) is 51.7 Å². The number of carbonyl (C=O) groups is 1. The Morgan fingerprint density at radius 1 is 1.03 bits per heavy atom. The second kappa shape index (κ2) is 9.79. The summed E-state index contributed by atoms with van der Waals surface area (Å²) in [6, 6.07) is 10.5. The zero-order chi connectivity index (χ0) is 25.4. The highest BCUT2D eigenvalue weighted by Crippen LogP contribution is 2.38. The molecule has 190 valence electrons. The lowest BCUT2D eigenvalue weighted by Gasteiger charge is -2.35. The van der Waals surface area contributed by atoms with E-state index in [1.54, 1.807) is 22.7 Å². The molecule has 6 rings (SSSR count). The maximum Gasteiger partial charge on any atom is 0.490 e. The van der Waals surface area contributed by atoms with Gasteiger partial charge in [-0.25, -0.2) is 14.8 Å². The van der Waals surface area contributed by atoms with Crippen LogP contribution in [0.1, 0.15) is 25.7 Å². The molecule has 0 radical (unpaired) electrons. The monoisotopic (exact) mass is 536 g/mol. The third-order valence-electron chi connectivity index (χ3n) is 6.47. The van der Waals surface area contributed by atoms with E-state index in [1.165, 1.54) is 25.7 Å². The molecule has 2 aliphatic rings. The van der Waals surface area contributed by atoms with Crippen LogP contribution in [0.5, 0.6) is 0 Å². The molecule has 2 bridgehead atoms. The van der Waals surface area contributed by atoms with Gasteiger partial charge in [0.25, 0.3) is 0 Å². The van der Waals surface area contributed by atoms with Crippen molar-refractivity contribution in [1.29, 1.82) is 0 Å². The smallest absolute Gasteiger partial charge is 0.475 e. The zero-order valence-corrected chi connectivity index (χ0v) is 20.8. The van der Waals surface area contributed by atoms with Gasteiger partial charge in [0.05, 0.1) is 6.20 Å². The first-order valence-electron chi connectivity index (χ1n) is 11.3. The highest BCUT2D eigenvalue weighted by atomic mass is 32.1. The molecule has 13 heteroatoms. The van der Waals surface area contributed by atoms with E-state index >= 15 is 0 Å². The third-order valence-corrected chi connectivity index (χ3v) is 8.64. The summed E-state index contributed by atoms with van der Waals surface area (Å²) in [6.45, 7) is 0. The average Bonchev–Trinajstić information content (AvgIpc) is 3.63. The lowest BCUT2D eigenvalue weighted by atomic mass is 9.99. The molecule has 4 aromatic rings. The average molecular weight is 537 g/mol. The molecular weight excluding hydrogens is 513 g/mol. The van der Waals surface area contributed by atoms with Gasteiger partial charge in [0.2, 0.25) is 0 Å². The van der Waals surface area contributed by atoms with Crippen molar-refractivity contribution < 1.29 is 23.1 Å². The Labute approximate surface area is 212 Å². The molecule has 1 aromatic carbocycles. The number of nitrogens with zero attached hydrogens (tertiary/aromatic N) is 4. The summed E-state index contributed by atoms with van der Waals surface area (Å²) < 4.78 is 31.7. The van der Waals surface area contributed by atoms with Gasteiger partial charge in [-0.2, -0.15) is 18.3 Å². The van der Waals surface area contributed by atoms with E-state index in [9.17, 15) is 13.2 Å². The largest absolute Gasteiger partial charge is 0.490 e. The fourth-order valence-electron chi connectivity index (χ4n) is 4.62. The number of carboxylic acid groups (broad SMARTS) is 1. The number of aromatic nitrogens is 4. The maximum atomic E-state index is 10.6. The number of rotatable bonds is 4. The van der Waals surface area contributed by atoms with E-state index in [1.807, 2.05) is 12.4 Å². The first kappa shape index (κ1) is 24.7. The number of aromatic amines is 1. The van der Waals surface area contributed by atoms with Crippen molar-refractivity contribution in [2.45, 2.75) is 50.0 Å². The fraction of sp³-hybridized carbons (Fsp3) is 0.391. The Balaban J connectivity index is 0.000000338. The van der Waals surface area contributed by atoms with Crippen LogP contribution in [-0.4, -0.2) is 62.6 Å². The second-order valence-corrected chi connectivity index (χ2v) is 10.8. The Bertz CT molecular complexity index is 1290. The van der Waals surface area contributed by atoms with Gasteiger partial charge in [-0.05, 0) is 31.2 Å². The molecule has 2 aliphatic heterocycles. The number of hydrogen-bond donors (Lipinski definition) is 3. The molecule has 2 saturated heterocycles. The first-order valence-corrected chi connectivity index (χ1v) is 13.0. The number of anilines is 1. The van der Waals surface area contributed by atoms with E-state index in [0.29, 0.717) is 18.1 Å². The number of hydrogen-bond acceptors (Lipinski definition) is 8. The minimum absolute atomic E-state index is 0.587. The molecule has 1 unspecified atom stereocenters. The topological polar surface area (TPSA) is 107 Å². The van der Waals surface area contributed by atoms with E-state index in [4.69, 9.17) is 19.9 Å². The molecule has 0 amide bonds. The normalized spacial score (nSPS) is 21.3. The molecule has 3 N–H and O–H groups in total. The van der Waals surface area contributed by atoms with Crippen LogP contribution in [-0.2, 0) is 4.79 Å². The minimum atomic E-state index is -5.08. The summed E-state index contributed by atoms with van der Waals surface area (Å²) >= 11 is 3.40. The van der Waals surface area contributed by atoms with Crippen molar-refractivity contribution in [2.75, 3.05) is 11.9 Å². The van der Waals surface area contributed by atoms with Crippen LogP contribution < -0.4 is 10.2 Å². The van der Waals surface area contributed by atoms with Crippen LogP contribution in [0.2, 0.25) is 0 Å². The minimum Gasteiger partial charge on any atom is -0.475 e. The highest BCUT2D eigenvalue weighted by molar-refractivity contribution is 7.29. The predicted molar refractivity (Wildman–Crippen MR) is 133 cm³/mol. The molecule has 3 atom stereocenters. The Morgan fingerprint density at radius 2 is 1.64 bits per heavy atom. The molecular formula is C23H23F3N6O2S2. The van der Waals surface area contributed by atoms with Crippen LogP contribution in [0.4, 0.5) is 18.3 Å². The Kier molecular flexibility index (Phi) is 6.70. The van der Waals surface area contributed by atoms with Gasteiger partial charge in [0.1, 0.15) is 5.01 Å². The van der Waals surface area contributed by atoms with Gasteiger partial charge in [0.15, 0.2) is 14.8 Å². The van der Waals surface area contributed by atoms with Gasteiger partial charge >= 0.3 is 12.1 Å². The summed E-state index contributed by atoms with van der Waals surface area (Å²) in [7, 11) is 2.20. The third kappa shape index (κ3) is 5.22. The molecule has 0 aliphatic carbocycles. The summed E-state index contributed by atoms with van der Waals surface area (Å²) in [5, 5.41) is 19.9. The van der Waals surface area contributed by atoms with Crippen LogP contribution in [0.3, 0.4) is 0 Å². The standard InChI is InChI=1S/C21H22N6S2.C2HF3O2/c1-27(17-8-15-6-7-16(9-17)24-15)21-26-20-19(29-21)25-18(28-20)13-4-2-12(3-5-13)14-10-22-23-11-14;3-2(4,5)1(6)7/h2-5,10-11,15-17,24H,6-9H2,1H3,(H,22,23);(H,6,7)/t15-,16+,17?;. The van der Waals surface area contributed by atoms with Gasteiger partial charge in [-0.3, -0.25) is 5.10 Å². The second-order valence-electron chi connectivity index (χ2n) is 8.87. The SMILES string of the molecule is CN(c1nc2sc(-c3ccc(-c4cn[nH]c4)cc3)nc2s1)C1C[C@H]2CC[C@@H](C1)N2.O=C(O)C(F)(F)F. The quantitative estimate of drug-likeness (QED) is 0.331. The molecule has 5 heterocycles. The molecule has 2 fully saturated rings. The van der Waals surface area contributed by atoms with Gasteiger partial charge < -0.3 is 15.3 Å². The Hall–Kier alpha value is -3.03. The van der Waals surface area contributed by atoms with E-state index < -0.39 is 12.1 Å². The molecule has 0 saturated carbocycles. The number of alkyl halides is 3. The number of H-pyrrole nitrogens is 1. The van der Waals surface area contributed by atoms with Crippen molar-refractivity contribution in [3.05, 3.63) is 36.7 Å². The van der Waals surface area contributed by atoms with Crippen molar-refractivity contribution in [2.24, 2.45) is 0 Å². The lowest BCUT2D eigenvalue weighted by Crippen LogP contribution is -2.47. The number of thiazole rings is 2. The summed E-state index contributed by atoms with van der Waals surface area (Å²) in [5.74, 6) is -2.76. The number of carboxylic acids is 1. The number of piperidine rings is 1.